The average molecular weight is 351 g/mol. The van der Waals surface area contributed by atoms with Gasteiger partial charge < -0.3 is 9.64 Å². The van der Waals surface area contributed by atoms with Crippen LogP contribution in [0.1, 0.15) is 47.4 Å². The highest BCUT2D eigenvalue weighted by Gasteiger charge is 2.30. The molecule has 1 saturated heterocycles. The van der Waals surface area contributed by atoms with E-state index in [2.05, 4.69) is 0 Å². The highest BCUT2D eigenvalue weighted by molar-refractivity contribution is 5.95. The van der Waals surface area contributed by atoms with Gasteiger partial charge in [0.05, 0.1) is 5.92 Å². The van der Waals surface area contributed by atoms with E-state index in [1.165, 1.54) is 0 Å². The second-order valence-electron chi connectivity index (χ2n) is 6.87. The van der Waals surface area contributed by atoms with Crippen molar-refractivity contribution in [3.63, 3.8) is 0 Å². The highest BCUT2D eigenvalue weighted by Crippen LogP contribution is 2.24. The molecule has 2 aromatic rings. The normalized spacial score (nSPS) is 16.2. The van der Waals surface area contributed by atoms with Crippen LogP contribution < -0.4 is 0 Å². The molecule has 1 heterocycles. The van der Waals surface area contributed by atoms with Crippen molar-refractivity contribution in [2.24, 2.45) is 5.92 Å². The Morgan fingerprint density at radius 1 is 1.00 bits per heavy atom. The minimum absolute atomic E-state index is 0.0487. The van der Waals surface area contributed by atoms with E-state index in [0.717, 1.165) is 16.7 Å². The van der Waals surface area contributed by atoms with Crippen LogP contribution in [0, 0.1) is 12.8 Å². The zero-order valence-electron chi connectivity index (χ0n) is 15.4. The predicted molar refractivity (Wildman–Crippen MR) is 101 cm³/mol. The summed E-state index contributed by atoms with van der Waals surface area (Å²) in [5.41, 5.74) is 2.72. The monoisotopic (exact) mass is 351 g/mol. The summed E-state index contributed by atoms with van der Waals surface area (Å²) in [6.07, 6.45) is 1.05. The first-order valence-electron chi connectivity index (χ1n) is 9.16. The van der Waals surface area contributed by atoms with Crippen LogP contribution in [0.15, 0.2) is 54.6 Å². The second-order valence-corrected chi connectivity index (χ2v) is 6.87. The smallest absolute Gasteiger partial charge is 0.309 e. The Morgan fingerprint density at radius 3 is 2.27 bits per heavy atom. The number of carbonyl (C=O) groups excluding carboxylic acids is 2. The van der Waals surface area contributed by atoms with Crippen LogP contribution in [0.5, 0.6) is 0 Å². The zero-order chi connectivity index (χ0) is 18.5. The molecule has 0 radical (unpaired) electrons. The van der Waals surface area contributed by atoms with E-state index < -0.39 is 0 Å². The van der Waals surface area contributed by atoms with Gasteiger partial charge in [0.1, 0.15) is 6.10 Å². The molecule has 26 heavy (non-hydrogen) atoms. The largest absolute Gasteiger partial charge is 0.458 e. The Bertz CT molecular complexity index is 764. The lowest BCUT2D eigenvalue weighted by Gasteiger charge is -2.31. The van der Waals surface area contributed by atoms with Gasteiger partial charge >= 0.3 is 5.97 Å². The molecule has 0 N–H and O–H groups in total. The van der Waals surface area contributed by atoms with Crippen molar-refractivity contribution in [1.82, 2.24) is 4.90 Å². The molecule has 1 aliphatic heterocycles. The third-order valence-electron chi connectivity index (χ3n) is 5.05. The molecule has 0 aromatic heterocycles. The van der Waals surface area contributed by atoms with Crippen LogP contribution in [-0.2, 0) is 9.53 Å². The maximum absolute atomic E-state index is 12.7. The predicted octanol–water partition coefficient (Wildman–Crippen LogP) is 4.15. The summed E-state index contributed by atoms with van der Waals surface area (Å²) >= 11 is 0. The van der Waals surface area contributed by atoms with E-state index in [1.54, 1.807) is 0 Å². The van der Waals surface area contributed by atoms with Crippen LogP contribution in [-0.4, -0.2) is 29.9 Å². The molecule has 4 nitrogen and oxygen atoms in total. The SMILES string of the molecule is Cc1ccccc1C(=O)N1CCC(C(=O)O[C@@H](C)c2ccccc2)CC1. The Balaban J connectivity index is 1.54. The fourth-order valence-corrected chi connectivity index (χ4v) is 3.36. The van der Waals surface area contributed by atoms with Gasteiger partial charge in [-0.05, 0) is 43.9 Å². The number of nitrogens with zero attached hydrogens (tertiary/aromatic N) is 1. The van der Waals surface area contributed by atoms with Gasteiger partial charge in [0.2, 0.25) is 0 Å². The van der Waals surface area contributed by atoms with Crippen LogP contribution >= 0.6 is 0 Å². The van der Waals surface area contributed by atoms with Crippen LogP contribution in [0.4, 0.5) is 0 Å². The molecule has 2 aromatic carbocycles. The second kappa shape index (κ2) is 8.17. The van der Waals surface area contributed by atoms with Crippen molar-refractivity contribution in [3.8, 4) is 0 Å². The van der Waals surface area contributed by atoms with E-state index in [1.807, 2.05) is 73.3 Å². The summed E-state index contributed by atoms with van der Waals surface area (Å²) in [5.74, 6) is -0.251. The summed E-state index contributed by atoms with van der Waals surface area (Å²) < 4.78 is 5.63. The van der Waals surface area contributed by atoms with Crippen molar-refractivity contribution < 1.29 is 14.3 Å². The van der Waals surface area contributed by atoms with Crippen molar-refractivity contribution in [2.45, 2.75) is 32.8 Å². The van der Waals surface area contributed by atoms with Crippen molar-refractivity contribution in [3.05, 3.63) is 71.3 Å². The summed E-state index contributed by atoms with van der Waals surface area (Å²) in [5, 5.41) is 0. The molecule has 136 valence electrons. The van der Waals surface area contributed by atoms with E-state index in [9.17, 15) is 9.59 Å². The molecule has 1 aliphatic rings. The number of carbonyl (C=O) groups is 2. The number of hydrogen-bond donors (Lipinski definition) is 0. The third-order valence-corrected chi connectivity index (χ3v) is 5.05. The first-order chi connectivity index (χ1) is 12.6. The number of aryl methyl sites for hydroxylation is 1. The molecule has 0 bridgehead atoms. The van der Waals surface area contributed by atoms with Crippen LogP contribution in [0.2, 0.25) is 0 Å². The Kier molecular flexibility index (Phi) is 5.71. The maximum Gasteiger partial charge on any atom is 0.309 e. The number of ether oxygens (including phenoxy) is 1. The Labute approximate surface area is 154 Å². The van der Waals surface area contributed by atoms with Crippen molar-refractivity contribution in [2.75, 3.05) is 13.1 Å². The Morgan fingerprint density at radius 2 is 1.62 bits per heavy atom. The third kappa shape index (κ3) is 4.13. The van der Waals surface area contributed by atoms with Crippen LogP contribution in [0.25, 0.3) is 0 Å². The zero-order valence-corrected chi connectivity index (χ0v) is 15.4. The first-order valence-corrected chi connectivity index (χ1v) is 9.16. The molecule has 3 rings (SSSR count). The summed E-state index contributed by atoms with van der Waals surface area (Å²) in [6.45, 7) is 5.02. The number of likely N-dealkylation sites (tertiary alicyclic amines) is 1. The fourth-order valence-electron chi connectivity index (χ4n) is 3.36. The molecule has 1 atom stereocenters. The van der Waals surface area contributed by atoms with Crippen LogP contribution in [0.3, 0.4) is 0 Å². The number of benzene rings is 2. The van der Waals surface area contributed by atoms with Gasteiger partial charge in [-0.15, -0.1) is 0 Å². The molecule has 4 heteroatoms. The molecule has 0 spiro atoms. The molecule has 0 saturated carbocycles. The van der Waals surface area contributed by atoms with E-state index in [-0.39, 0.29) is 23.9 Å². The summed E-state index contributed by atoms with van der Waals surface area (Å²) in [7, 11) is 0. The molecule has 1 fully saturated rings. The quantitative estimate of drug-likeness (QED) is 0.778. The molecule has 1 amide bonds. The minimum atomic E-state index is -0.254. The van der Waals surface area contributed by atoms with Gasteiger partial charge in [0, 0.05) is 18.7 Å². The van der Waals surface area contributed by atoms with E-state index in [4.69, 9.17) is 4.74 Å². The van der Waals surface area contributed by atoms with Gasteiger partial charge in [0.15, 0.2) is 0 Å². The molecular formula is C22H25NO3. The van der Waals surface area contributed by atoms with Gasteiger partial charge in [-0.25, -0.2) is 0 Å². The lowest BCUT2D eigenvalue weighted by Crippen LogP contribution is -2.41. The maximum atomic E-state index is 12.7. The average Bonchev–Trinajstić information content (AvgIpc) is 2.68. The van der Waals surface area contributed by atoms with Gasteiger partial charge in [-0.1, -0.05) is 48.5 Å². The van der Waals surface area contributed by atoms with Crippen molar-refractivity contribution in [1.29, 1.82) is 0 Å². The highest BCUT2D eigenvalue weighted by atomic mass is 16.5. The topological polar surface area (TPSA) is 46.6 Å². The van der Waals surface area contributed by atoms with Gasteiger partial charge in [-0.2, -0.15) is 0 Å². The minimum Gasteiger partial charge on any atom is -0.458 e. The number of rotatable bonds is 4. The van der Waals surface area contributed by atoms with Crippen molar-refractivity contribution >= 4 is 11.9 Å². The molecule has 0 unspecified atom stereocenters. The summed E-state index contributed by atoms with van der Waals surface area (Å²) in [6, 6.07) is 17.4. The number of hydrogen-bond acceptors (Lipinski definition) is 3. The molecular weight excluding hydrogens is 326 g/mol. The number of esters is 1. The standard InChI is InChI=1S/C22H25NO3/c1-16-8-6-7-11-20(16)21(24)23-14-12-19(13-15-23)22(25)26-17(2)18-9-4-3-5-10-18/h3-11,17,19H,12-15H2,1-2H3/t17-/m0/s1. The summed E-state index contributed by atoms with van der Waals surface area (Å²) in [4.78, 5) is 27.0. The number of amides is 1. The van der Waals surface area contributed by atoms with E-state index >= 15 is 0 Å². The number of piperidine rings is 1. The fraction of sp³-hybridized carbons (Fsp3) is 0.364. The lowest BCUT2D eigenvalue weighted by atomic mass is 9.96. The molecule has 0 aliphatic carbocycles. The first kappa shape index (κ1) is 18.2. The van der Waals surface area contributed by atoms with Gasteiger partial charge in [0.25, 0.3) is 5.91 Å². The van der Waals surface area contributed by atoms with Gasteiger partial charge in [-0.3, -0.25) is 9.59 Å². The lowest BCUT2D eigenvalue weighted by molar-refractivity contribution is -0.155. The van der Waals surface area contributed by atoms with E-state index in [0.29, 0.717) is 25.9 Å². The Hall–Kier alpha value is -2.62.